The van der Waals surface area contributed by atoms with Crippen LogP contribution < -0.4 is 10.1 Å². The molecule has 1 heterocycles. The first-order chi connectivity index (χ1) is 11.4. The van der Waals surface area contributed by atoms with E-state index in [1.807, 2.05) is 0 Å². The van der Waals surface area contributed by atoms with Crippen molar-refractivity contribution in [2.24, 2.45) is 0 Å². The molecule has 0 aromatic heterocycles. The molecule has 1 aliphatic rings. The molecule has 1 aromatic carbocycles. The fourth-order valence-electron chi connectivity index (χ4n) is 2.91. The Morgan fingerprint density at radius 3 is 2.33 bits per heavy atom. The Balaban J connectivity index is 2.09. The van der Waals surface area contributed by atoms with Gasteiger partial charge < -0.3 is 10.1 Å². The second kappa shape index (κ2) is 8.67. The number of benzene rings is 1. The standard InChI is InChI=1S/C17H24F4N2O/c1-2-3-4-15(23-11-9-22-10-12-23)13-5-7-14(8-6-13)24-17(20,21)16(18)19/h5-8,15-16,22H,2-4,9-12H2,1H3/t15-/m0/s1. The summed E-state index contributed by atoms with van der Waals surface area (Å²) in [6.45, 7) is 5.82. The van der Waals surface area contributed by atoms with Gasteiger partial charge in [-0.15, -0.1) is 0 Å². The van der Waals surface area contributed by atoms with Crippen molar-refractivity contribution in [2.75, 3.05) is 26.2 Å². The van der Waals surface area contributed by atoms with Crippen molar-refractivity contribution >= 4 is 0 Å². The molecular formula is C17H24F4N2O. The van der Waals surface area contributed by atoms with Gasteiger partial charge in [0.1, 0.15) is 5.75 Å². The van der Waals surface area contributed by atoms with Crippen molar-refractivity contribution in [3.05, 3.63) is 29.8 Å². The highest BCUT2D eigenvalue weighted by Gasteiger charge is 2.43. The minimum Gasteiger partial charge on any atom is -0.428 e. The average molecular weight is 348 g/mol. The topological polar surface area (TPSA) is 24.5 Å². The van der Waals surface area contributed by atoms with Crippen LogP contribution in [0.15, 0.2) is 24.3 Å². The van der Waals surface area contributed by atoms with E-state index < -0.39 is 12.5 Å². The van der Waals surface area contributed by atoms with Crippen LogP contribution >= 0.6 is 0 Å². The highest BCUT2D eigenvalue weighted by Crippen LogP contribution is 2.31. The normalized spacial score (nSPS) is 17.9. The van der Waals surface area contributed by atoms with E-state index in [0.717, 1.165) is 51.0 Å². The summed E-state index contributed by atoms with van der Waals surface area (Å²) in [7, 11) is 0. The van der Waals surface area contributed by atoms with Crippen LogP contribution in [0.2, 0.25) is 0 Å². The molecule has 1 saturated heterocycles. The third-order valence-corrected chi connectivity index (χ3v) is 4.20. The zero-order valence-electron chi connectivity index (χ0n) is 13.8. The maximum Gasteiger partial charge on any atom is 0.461 e. The van der Waals surface area contributed by atoms with Crippen molar-refractivity contribution in [2.45, 2.75) is 44.8 Å². The lowest BCUT2D eigenvalue weighted by Gasteiger charge is -2.35. The summed E-state index contributed by atoms with van der Waals surface area (Å²) in [4.78, 5) is 2.37. The smallest absolute Gasteiger partial charge is 0.428 e. The fourth-order valence-corrected chi connectivity index (χ4v) is 2.91. The number of halogens is 4. The van der Waals surface area contributed by atoms with E-state index in [1.54, 1.807) is 12.1 Å². The van der Waals surface area contributed by atoms with Gasteiger partial charge in [-0.2, -0.15) is 17.6 Å². The molecule has 0 unspecified atom stereocenters. The van der Waals surface area contributed by atoms with Crippen LogP contribution in [0.25, 0.3) is 0 Å². The molecule has 136 valence electrons. The zero-order chi connectivity index (χ0) is 17.6. The van der Waals surface area contributed by atoms with E-state index in [4.69, 9.17) is 0 Å². The quantitative estimate of drug-likeness (QED) is 0.717. The van der Waals surface area contributed by atoms with Gasteiger partial charge in [0.15, 0.2) is 0 Å². The molecular weight excluding hydrogens is 324 g/mol. The number of hydrogen-bond acceptors (Lipinski definition) is 3. The second-order valence-corrected chi connectivity index (χ2v) is 5.98. The number of nitrogens with one attached hydrogen (secondary N) is 1. The second-order valence-electron chi connectivity index (χ2n) is 5.98. The Morgan fingerprint density at radius 2 is 1.79 bits per heavy atom. The van der Waals surface area contributed by atoms with Gasteiger partial charge >= 0.3 is 12.5 Å². The Kier molecular flexibility index (Phi) is 6.86. The van der Waals surface area contributed by atoms with Gasteiger partial charge in [-0.05, 0) is 24.1 Å². The van der Waals surface area contributed by atoms with Crippen LogP contribution in [0.5, 0.6) is 5.75 Å². The average Bonchev–Trinajstić information content (AvgIpc) is 2.57. The number of piperazine rings is 1. The summed E-state index contributed by atoms with van der Waals surface area (Å²) < 4.78 is 54.4. The molecule has 0 amide bonds. The first-order valence-corrected chi connectivity index (χ1v) is 8.33. The van der Waals surface area contributed by atoms with E-state index in [0.29, 0.717) is 0 Å². The first kappa shape index (κ1) is 19.0. The highest BCUT2D eigenvalue weighted by molar-refractivity contribution is 5.29. The summed E-state index contributed by atoms with van der Waals surface area (Å²) in [5.74, 6) is -0.251. The molecule has 0 radical (unpaired) electrons. The molecule has 0 spiro atoms. The summed E-state index contributed by atoms with van der Waals surface area (Å²) >= 11 is 0. The maximum absolute atomic E-state index is 13.0. The predicted octanol–water partition coefficient (Wildman–Crippen LogP) is 4.06. The number of unbranched alkanes of at least 4 members (excludes halogenated alkanes) is 1. The van der Waals surface area contributed by atoms with Crippen molar-refractivity contribution in [1.82, 2.24) is 10.2 Å². The first-order valence-electron chi connectivity index (χ1n) is 8.33. The SMILES string of the molecule is CCCC[C@@H](c1ccc(OC(F)(F)C(F)F)cc1)N1CCNCC1. The summed E-state index contributed by atoms with van der Waals surface area (Å²) in [6, 6.07) is 6.27. The van der Waals surface area contributed by atoms with Crippen LogP contribution in [0.1, 0.15) is 37.8 Å². The molecule has 1 aromatic rings. The van der Waals surface area contributed by atoms with Crippen molar-refractivity contribution in [3.63, 3.8) is 0 Å². The number of alkyl halides is 4. The van der Waals surface area contributed by atoms with Crippen molar-refractivity contribution in [3.8, 4) is 5.75 Å². The van der Waals surface area contributed by atoms with Gasteiger partial charge in [-0.3, -0.25) is 4.90 Å². The van der Waals surface area contributed by atoms with Crippen LogP contribution in [-0.4, -0.2) is 43.6 Å². The molecule has 1 atom stereocenters. The third kappa shape index (κ3) is 5.08. The third-order valence-electron chi connectivity index (χ3n) is 4.20. The van der Waals surface area contributed by atoms with Gasteiger partial charge in [0.05, 0.1) is 0 Å². The maximum atomic E-state index is 13.0. The van der Waals surface area contributed by atoms with Crippen LogP contribution in [-0.2, 0) is 0 Å². The molecule has 7 heteroatoms. The van der Waals surface area contributed by atoms with Crippen molar-refractivity contribution < 1.29 is 22.3 Å². The minimum atomic E-state index is -4.47. The zero-order valence-corrected chi connectivity index (χ0v) is 13.8. The van der Waals surface area contributed by atoms with E-state index in [2.05, 4.69) is 21.9 Å². The van der Waals surface area contributed by atoms with Gasteiger partial charge in [0, 0.05) is 32.2 Å². The summed E-state index contributed by atoms with van der Waals surface area (Å²) in [5.41, 5.74) is 0.998. The largest absolute Gasteiger partial charge is 0.461 e. The minimum absolute atomic E-state index is 0.205. The molecule has 1 fully saturated rings. The Hall–Kier alpha value is -1.34. The molecule has 0 saturated carbocycles. The number of nitrogens with zero attached hydrogens (tertiary/aromatic N) is 1. The number of rotatable bonds is 8. The predicted molar refractivity (Wildman–Crippen MR) is 84.7 cm³/mol. The van der Waals surface area contributed by atoms with Gasteiger partial charge in [-0.1, -0.05) is 31.9 Å². The van der Waals surface area contributed by atoms with Crippen LogP contribution in [0.4, 0.5) is 17.6 Å². The van der Waals surface area contributed by atoms with E-state index in [-0.39, 0.29) is 11.8 Å². The van der Waals surface area contributed by atoms with Crippen molar-refractivity contribution in [1.29, 1.82) is 0 Å². The lowest BCUT2D eigenvalue weighted by molar-refractivity contribution is -0.253. The lowest BCUT2D eigenvalue weighted by atomic mass is 9.98. The molecule has 0 aliphatic carbocycles. The molecule has 24 heavy (non-hydrogen) atoms. The van der Waals surface area contributed by atoms with E-state index in [9.17, 15) is 17.6 Å². The molecule has 3 nitrogen and oxygen atoms in total. The van der Waals surface area contributed by atoms with E-state index >= 15 is 0 Å². The van der Waals surface area contributed by atoms with Gasteiger partial charge in [0.25, 0.3) is 0 Å². The lowest BCUT2D eigenvalue weighted by Crippen LogP contribution is -2.45. The summed E-state index contributed by atoms with van der Waals surface area (Å²) in [5, 5.41) is 3.31. The monoisotopic (exact) mass is 348 g/mol. The fraction of sp³-hybridized carbons (Fsp3) is 0.647. The molecule has 1 N–H and O–H groups in total. The van der Waals surface area contributed by atoms with Crippen LogP contribution in [0, 0.1) is 0 Å². The molecule has 1 aliphatic heterocycles. The Bertz CT molecular complexity index is 490. The van der Waals surface area contributed by atoms with Gasteiger partial charge in [-0.25, -0.2) is 0 Å². The Morgan fingerprint density at radius 1 is 1.17 bits per heavy atom. The highest BCUT2D eigenvalue weighted by atomic mass is 19.3. The van der Waals surface area contributed by atoms with Gasteiger partial charge in [0.2, 0.25) is 0 Å². The Labute approximate surface area is 140 Å². The van der Waals surface area contributed by atoms with Crippen LogP contribution in [0.3, 0.4) is 0 Å². The molecule has 2 rings (SSSR count). The molecule has 0 bridgehead atoms. The number of hydrogen-bond donors (Lipinski definition) is 1. The number of ether oxygens (including phenoxy) is 1. The van der Waals surface area contributed by atoms with E-state index in [1.165, 1.54) is 12.1 Å². The summed E-state index contributed by atoms with van der Waals surface area (Å²) in [6.07, 6.45) is -5.21.